The Morgan fingerprint density at radius 1 is 1.29 bits per heavy atom. The maximum atomic E-state index is 5.89. The van der Waals surface area contributed by atoms with Crippen molar-refractivity contribution >= 4 is 15.9 Å². The van der Waals surface area contributed by atoms with Crippen LogP contribution in [0.25, 0.3) is 0 Å². The van der Waals surface area contributed by atoms with Gasteiger partial charge in [0.25, 0.3) is 0 Å². The van der Waals surface area contributed by atoms with Crippen LogP contribution in [0.15, 0.2) is 22.7 Å². The molecule has 118 valence electrons. The van der Waals surface area contributed by atoms with E-state index in [4.69, 9.17) is 4.74 Å². The summed E-state index contributed by atoms with van der Waals surface area (Å²) in [6.07, 6.45) is 3.83. The molecule has 0 amide bonds. The lowest BCUT2D eigenvalue weighted by atomic mass is 10.2. The van der Waals surface area contributed by atoms with Gasteiger partial charge in [0.05, 0.1) is 6.61 Å². The van der Waals surface area contributed by atoms with Gasteiger partial charge in [0.2, 0.25) is 0 Å². The van der Waals surface area contributed by atoms with E-state index in [0.717, 1.165) is 36.3 Å². The average molecular weight is 355 g/mol. The van der Waals surface area contributed by atoms with E-state index in [1.54, 1.807) is 0 Å². The van der Waals surface area contributed by atoms with Gasteiger partial charge in [-0.2, -0.15) is 0 Å². The number of hydrogen-bond acceptors (Lipinski definition) is 3. The molecule has 0 bridgehead atoms. The van der Waals surface area contributed by atoms with Crippen LogP contribution in [0, 0.1) is 0 Å². The van der Waals surface area contributed by atoms with Crippen LogP contribution in [0.2, 0.25) is 0 Å². The first-order valence-electron chi connectivity index (χ1n) is 8.02. The summed E-state index contributed by atoms with van der Waals surface area (Å²) in [6.45, 7) is 9.68. The average Bonchev–Trinajstić information content (AvgIpc) is 2.97. The molecule has 0 saturated carbocycles. The van der Waals surface area contributed by atoms with Crippen molar-refractivity contribution in [3.05, 3.63) is 28.2 Å². The molecule has 1 aliphatic rings. The summed E-state index contributed by atoms with van der Waals surface area (Å²) in [5.74, 6) is 0.972. The minimum absolute atomic E-state index is 0.488. The second-order valence-corrected chi connectivity index (χ2v) is 6.89. The predicted molar refractivity (Wildman–Crippen MR) is 91.9 cm³/mol. The Morgan fingerprint density at radius 3 is 2.76 bits per heavy atom. The molecule has 0 unspecified atom stereocenters. The van der Waals surface area contributed by atoms with E-state index in [-0.39, 0.29) is 0 Å². The zero-order valence-corrected chi connectivity index (χ0v) is 14.8. The number of ether oxygens (including phenoxy) is 1. The second kappa shape index (κ2) is 8.76. The van der Waals surface area contributed by atoms with Gasteiger partial charge in [-0.15, -0.1) is 0 Å². The first kappa shape index (κ1) is 16.8. The quantitative estimate of drug-likeness (QED) is 0.718. The zero-order chi connectivity index (χ0) is 15.1. The summed E-state index contributed by atoms with van der Waals surface area (Å²) in [4.78, 5) is 2.53. The van der Waals surface area contributed by atoms with E-state index in [2.05, 4.69) is 52.1 Å². The van der Waals surface area contributed by atoms with E-state index in [9.17, 15) is 0 Å². The fraction of sp³-hybridized carbons (Fsp3) is 0.647. The zero-order valence-electron chi connectivity index (χ0n) is 13.2. The smallest absolute Gasteiger partial charge is 0.119 e. The van der Waals surface area contributed by atoms with Gasteiger partial charge in [0.15, 0.2) is 0 Å². The molecule has 1 fully saturated rings. The van der Waals surface area contributed by atoms with Crippen LogP contribution in [0.5, 0.6) is 5.75 Å². The summed E-state index contributed by atoms with van der Waals surface area (Å²) in [5.41, 5.74) is 1.25. The molecule has 1 N–H and O–H groups in total. The van der Waals surface area contributed by atoms with Crippen LogP contribution in [0.4, 0.5) is 0 Å². The monoisotopic (exact) mass is 354 g/mol. The topological polar surface area (TPSA) is 24.5 Å². The van der Waals surface area contributed by atoms with E-state index in [1.807, 2.05) is 6.07 Å². The third kappa shape index (κ3) is 5.97. The van der Waals surface area contributed by atoms with Gasteiger partial charge < -0.3 is 15.0 Å². The first-order chi connectivity index (χ1) is 10.1. The molecule has 0 radical (unpaired) electrons. The Kier molecular flexibility index (Phi) is 7.00. The summed E-state index contributed by atoms with van der Waals surface area (Å²) in [5, 5.41) is 3.44. The van der Waals surface area contributed by atoms with Crippen molar-refractivity contribution in [1.29, 1.82) is 0 Å². The van der Waals surface area contributed by atoms with Gasteiger partial charge in [-0.3, -0.25) is 0 Å². The normalized spacial score (nSPS) is 15.8. The number of likely N-dealkylation sites (tertiary alicyclic amines) is 1. The molecule has 4 heteroatoms. The third-order valence-corrected chi connectivity index (χ3v) is 4.58. The highest BCUT2D eigenvalue weighted by Crippen LogP contribution is 2.23. The van der Waals surface area contributed by atoms with Crippen LogP contribution in [0.1, 0.15) is 38.7 Å². The van der Waals surface area contributed by atoms with Gasteiger partial charge in [-0.05, 0) is 56.1 Å². The molecule has 21 heavy (non-hydrogen) atoms. The number of benzene rings is 1. The van der Waals surface area contributed by atoms with Crippen molar-refractivity contribution in [3.63, 3.8) is 0 Å². The predicted octanol–water partition coefficient (Wildman–Crippen LogP) is 3.81. The van der Waals surface area contributed by atoms with Gasteiger partial charge >= 0.3 is 0 Å². The largest absolute Gasteiger partial charge is 0.494 e. The van der Waals surface area contributed by atoms with E-state index in [1.165, 1.54) is 31.5 Å². The van der Waals surface area contributed by atoms with Crippen LogP contribution in [0.3, 0.4) is 0 Å². The SMILES string of the molecule is CC(C)NCc1cc(OCCCN2CCCC2)ccc1Br. The Bertz CT molecular complexity index is 431. The maximum Gasteiger partial charge on any atom is 0.119 e. The molecular formula is C17H27BrN2O. The fourth-order valence-electron chi connectivity index (χ4n) is 2.57. The van der Waals surface area contributed by atoms with Gasteiger partial charge in [0, 0.05) is 23.6 Å². The minimum Gasteiger partial charge on any atom is -0.494 e. The Hall–Kier alpha value is -0.580. The lowest BCUT2D eigenvalue weighted by molar-refractivity contribution is 0.263. The van der Waals surface area contributed by atoms with Gasteiger partial charge in [-0.25, -0.2) is 0 Å². The van der Waals surface area contributed by atoms with Crippen molar-refractivity contribution in [1.82, 2.24) is 10.2 Å². The maximum absolute atomic E-state index is 5.89. The molecule has 1 aromatic carbocycles. The lowest BCUT2D eigenvalue weighted by Gasteiger charge is -2.15. The lowest BCUT2D eigenvalue weighted by Crippen LogP contribution is -2.22. The summed E-state index contributed by atoms with van der Waals surface area (Å²) in [6, 6.07) is 6.74. The molecule has 0 aromatic heterocycles. The molecule has 3 nitrogen and oxygen atoms in total. The molecule has 2 rings (SSSR count). The van der Waals surface area contributed by atoms with Crippen molar-refractivity contribution in [2.75, 3.05) is 26.2 Å². The summed E-state index contributed by atoms with van der Waals surface area (Å²) < 4.78 is 7.03. The van der Waals surface area contributed by atoms with Crippen molar-refractivity contribution in [2.45, 2.75) is 45.7 Å². The van der Waals surface area contributed by atoms with Crippen molar-refractivity contribution in [3.8, 4) is 5.75 Å². The number of hydrogen-bond donors (Lipinski definition) is 1. The van der Waals surface area contributed by atoms with Gasteiger partial charge in [-0.1, -0.05) is 29.8 Å². The van der Waals surface area contributed by atoms with Crippen molar-refractivity contribution in [2.24, 2.45) is 0 Å². The van der Waals surface area contributed by atoms with Crippen LogP contribution >= 0.6 is 15.9 Å². The third-order valence-electron chi connectivity index (χ3n) is 3.80. The van der Waals surface area contributed by atoms with Crippen LogP contribution in [-0.4, -0.2) is 37.2 Å². The molecular weight excluding hydrogens is 328 g/mol. The van der Waals surface area contributed by atoms with Gasteiger partial charge in [0.1, 0.15) is 5.75 Å². The van der Waals surface area contributed by atoms with E-state index >= 15 is 0 Å². The highest BCUT2D eigenvalue weighted by Gasteiger charge is 2.10. The number of rotatable bonds is 8. The summed E-state index contributed by atoms with van der Waals surface area (Å²) >= 11 is 3.60. The number of nitrogens with one attached hydrogen (secondary N) is 1. The first-order valence-corrected chi connectivity index (χ1v) is 8.81. The minimum atomic E-state index is 0.488. The second-order valence-electron chi connectivity index (χ2n) is 6.04. The number of nitrogens with zero attached hydrogens (tertiary/aromatic N) is 1. The van der Waals surface area contributed by atoms with E-state index < -0.39 is 0 Å². The summed E-state index contributed by atoms with van der Waals surface area (Å²) in [7, 11) is 0. The molecule has 1 aromatic rings. The molecule has 1 aliphatic heterocycles. The van der Waals surface area contributed by atoms with E-state index in [0.29, 0.717) is 6.04 Å². The van der Waals surface area contributed by atoms with Crippen LogP contribution < -0.4 is 10.1 Å². The molecule has 0 aliphatic carbocycles. The van der Waals surface area contributed by atoms with Crippen LogP contribution in [-0.2, 0) is 6.54 Å². The number of halogens is 1. The Balaban J connectivity index is 1.75. The highest BCUT2D eigenvalue weighted by molar-refractivity contribution is 9.10. The highest BCUT2D eigenvalue weighted by atomic mass is 79.9. The molecule has 1 saturated heterocycles. The molecule has 0 atom stereocenters. The molecule has 0 spiro atoms. The standard InChI is InChI=1S/C17H27BrN2O/c1-14(2)19-13-15-12-16(6-7-17(15)18)21-11-5-10-20-8-3-4-9-20/h6-7,12,14,19H,3-5,8-11,13H2,1-2H3. The molecule has 1 heterocycles. The fourth-order valence-corrected chi connectivity index (χ4v) is 2.96. The Morgan fingerprint density at radius 2 is 2.05 bits per heavy atom. The van der Waals surface area contributed by atoms with Crippen molar-refractivity contribution < 1.29 is 4.74 Å². The Labute approximate surface area is 137 Å².